The summed E-state index contributed by atoms with van der Waals surface area (Å²) in [4.78, 5) is 6.79. The Morgan fingerprint density at radius 2 is 2.16 bits per heavy atom. The van der Waals surface area contributed by atoms with E-state index in [2.05, 4.69) is 28.5 Å². The lowest BCUT2D eigenvalue weighted by Crippen LogP contribution is -2.16. The molecule has 2 rings (SSSR count). The molecule has 0 aliphatic rings. The average molecular weight is 282 g/mol. The fourth-order valence-electron chi connectivity index (χ4n) is 2.19. The van der Waals surface area contributed by atoms with Crippen molar-refractivity contribution in [2.45, 2.75) is 19.6 Å². The van der Waals surface area contributed by atoms with Gasteiger partial charge >= 0.3 is 0 Å². The van der Waals surface area contributed by atoms with Gasteiger partial charge in [0.05, 0.1) is 11.0 Å². The van der Waals surface area contributed by atoms with Gasteiger partial charge in [0.2, 0.25) is 0 Å². The molecule has 0 aliphatic carbocycles. The van der Waals surface area contributed by atoms with Gasteiger partial charge in [0.15, 0.2) is 0 Å². The van der Waals surface area contributed by atoms with Crippen molar-refractivity contribution < 1.29 is 4.74 Å². The lowest BCUT2D eigenvalue weighted by Gasteiger charge is -2.12. The monoisotopic (exact) mass is 281 g/mol. The second kappa shape index (κ2) is 6.37. The van der Waals surface area contributed by atoms with Gasteiger partial charge in [-0.3, -0.25) is 0 Å². The number of fused-ring (bicyclic) bond motifs is 1. The first kappa shape index (κ1) is 14.3. The summed E-state index contributed by atoms with van der Waals surface area (Å²) < 4.78 is 7.45. The third-order valence-electron chi connectivity index (χ3n) is 3.05. The van der Waals surface area contributed by atoms with Crippen LogP contribution in [-0.4, -0.2) is 42.2 Å². The maximum atomic E-state index is 6.02. The molecule has 0 unspecified atom stereocenters. The highest BCUT2D eigenvalue weighted by Gasteiger charge is 2.10. The van der Waals surface area contributed by atoms with Crippen LogP contribution in [0.5, 0.6) is 0 Å². The van der Waals surface area contributed by atoms with Crippen LogP contribution in [0.25, 0.3) is 11.0 Å². The van der Waals surface area contributed by atoms with Crippen LogP contribution in [-0.2, 0) is 17.9 Å². The van der Waals surface area contributed by atoms with Crippen LogP contribution in [0.4, 0.5) is 0 Å². The predicted octanol–water partition coefficient (Wildman–Crippen LogP) is 2.79. The average Bonchev–Trinajstić information content (AvgIpc) is 2.66. The summed E-state index contributed by atoms with van der Waals surface area (Å²) in [5.74, 6) is 0.957. The zero-order valence-corrected chi connectivity index (χ0v) is 12.4. The van der Waals surface area contributed by atoms with Gasteiger partial charge in [0.25, 0.3) is 0 Å². The van der Waals surface area contributed by atoms with Crippen LogP contribution >= 0.6 is 11.6 Å². The van der Waals surface area contributed by atoms with Crippen LogP contribution in [0.15, 0.2) is 18.2 Å². The molecule has 1 heterocycles. The number of hydrogen-bond acceptors (Lipinski definition) is 3. The Balaban J connectivity index is 2.29. The van der Waals surface area contributed by atoms with E-state index in [9.17, 15) is 0 Å². The van der Waals surface area contributed by atoms with Gasteiger partial charge in [-0.1, -0.05) is 11.6 Å². The van der Waals surface area contributed by atoms with Crippen LogP contribution in [0.2, 0.25) is 5.02 Å². The second-order valence-electron chi connectivity index (χ2n) is 4.90. The predicted molar refractivity (Wildman–Crippen MR) is 78.6 cm³/mol. The topological polar surface area (TPSA) is 30.3 Å². The maximum absolute atomic E-state index is 6.02. The van der Waals surface area contributed by atoms with Crippen molar-refractivity contribution in [3.05, 3.63) is 29.0 Å². The molecule has 0 atom stereocenters. The number of halogens is 1. The zero-order valence-electron chi connectivity index (χ0n) is 11.7. The molecular formula is C14H20ClN3O. The highest BCUT2D eigenvalue weighted by Crippen LogP contribution is 2.21. The number of benzene rings is 1. The van der Waals surface area contributed by atoms with Crippen molar-refractivity contribution in [1.29, 1.82) is 0 Å². The molecule has 5 heteroatoms. The number of hydrogen-bond donors (Lipinski definition) is 0. The number of ether oxygens (including phenoxy) is 1. The van der Waals surface area contributed by atoms with Crippen LogP contribution in [0, 0.1) is 0 Å². The van der Waals surface area contributed by atoms with E-state index in [1.165, 1.54) is 0 Å². The largest absolute Gasteiger partial charge is 0.377 e. The van der Waals surface area contributed by atoms with Crippen LogP contribution in [0.1, 0.15) is 12.2 Å². The number of rotatable bonds is 6. The summed E-state index contributed by atoms with van der Waals surface area (Å²) in [6.45, 7) is 2.52. The Labute approximate surface area is 118 Å². The minimum absolute atomic E-state index is 0.522. The van der Waals surface area contributed by atoms with Crippen molar-refractivity contribution >= 4 is 22.6 Å². The first-order chi connectivity index (χ1) is 9.11. The van der Waals surface area contributed by atoms with Gasteiger partial charge in [0.1, 0.15) is 12.4 Å². The van der Waals surface area contributed by atoms with Gasteiger partial charge < -0.3 is 14.2 Å². The first-order valence-corrected chi connectivity index (χ1v) is 6.78. The van der Waals surface area contributed by atoms with E-state index in [4.69, 9.17) is 16.3 Å². The number of imidazole rings is 1. The molecule has 2 aromatic rings. The van der Waals surface area contributed by atoms with Crippen molar-refractivity contribution in [2.24, 2.45) is 0 Å². The Morgan fingerprint density at radius 3 is 2.84 bits per heavy atom. The third-order valence-corrected chi connectivity index (χ3v) is 3.28. The summed E-state index contributed by atoms with van der Waals surface area (Å²) in [7, 11) is 5.86. The summed E-state index contributed by atoms with van der Waals surface area (Å²) >= 11 is 6.02. The Hall–Kier alpha value is -1.10. The molecule has 0 fully saturated rings. The quantitative estimate of drug-likeness (QED) is 0.816. The summed E-state index contributed by atoms with van der Waals surface area (Å²) in [6.07, 6.45) is 1.08. The van der Waals surface area contributed by atoms with E-state index in [-0.39, 0.29) is 0 Å². The minimum Gasteiger partial charge on any atom is -0.377 e. The number of methoxy groups -OCH3 is 1. The van der Waals surface area contributed by atoms with Crippen LogP contribution < -0.4 is 0 Å². The standard InChI is InChI=1S/C14H20ClN3O/c1-17(2)7-4-8-18-13-6-5-11(15)9-12(13)16-14(18)10-19-3/h5-6,9H,4,7-8,10H2,1-3H3. The van der Waals surface area contributed by atoms with Gasteiger partial charge in [-0.15, -0.1) is 0 Å². The number of aromatic nitrogens is 2. The SMILES string of the molecule is COCc1nc2cc(Cl)ccc2n1CCCN(C)C. The van der Waals surface area contributed by atoms with E-state index in [0.29, 0.717) is 6.61 Å². The Kier molecular flexibility index (Phi) is 4.80. The van der Waals surface area contributed by atoms with Crippen molar-refractivity contribution in [2.75, 3.05) is 27.7 Å². The molecule has 104 valence electrons. The van der Waals surface area contributed by atoms with E-state index in [1.807, 2.05) is 18.2 Å². The van der Waals surface area contributed by atoms with E-state index < -0.39 is 0 Å². The molecule has 0 amide bonds. The van der Waals surface area contributed by atoms with E-state index in [0.717, 1.165) is 41.4 Å². The van der Waals surface area contributed by atoms with Crippen molar-refractivity contribution in [3.63, 3.8) is 0 Å². The van der Waals surface area contributed by atoms with Gasteiger partial charge in [0, 0.05) is 18.7 Å². The first-order valence-electron chi connectivity index (χ1n) is 6.40. The summed E-state index contributed by atoms with van der Waals surface area (Å²) in [5.41, 5.74) is 2.06. The lowest BCUT2D eigenvalue weighted by atomic mass is 10.3. The van der Waals surface area contributed by atoms with Gasteiger partial charge in [-0.05, 0) is 45.3 Å². The van der Waals surface area contributed by atoms with Crippen molar-refractivity contribution in [3.8, 4) is 0 Å². The minimum atomic E-state index is 0.522. The summed E-state index contributed by atoms with van der Waals surface area (Å²) in [6, 6.07) is 5.84. The maximum Gasteiger partial charge on any atom is 0.135 e. The fraction of sp³-hybridized carbons (Fsp3) is 0.500. The number of aryl methyl sites for hydroxylation is 1. The fourth-order valence-corrected chi connectivity index (χ4v) is 2.35. The van der Waals surface area contributed by atoms with Gasteiger partial charge in [-0.2, -0.15) is 0 Å². The molecule has 0 N–H and O–H groups in total. The second-order valence-corrected chi connectivity index (χ2v) is 5.34. The van der Waals surface area contributed by atoms with E-state index >= 15 is 0 Å². The normalized spacial score (nSPS) is 11.6. The molecule has 0 bridgehead atoms. The molecular weight excluding hydrogens is 262 g/mol. The molecule has 0 aliphatic heterocycles. The highest BCUT2D eigenvalue weighted by atomic mass is 35.5. The molecule has 4 nitrogen and oxygen atoms in total. The Morgan fingerprint density at radius 1 is 1.37 bits per heavy atom. The highest BCUT2D eigenvalue weighted by molar-refractivity contribution is 6.31. The number of nitrogens with zero attached hydrogens (tertiary/aromatic N) is 3. The third kappa shape index (κ3) is 3.47. The van der Waals surface area contributed by atoms with Crippen LogP contribution in [0.3, 0.4) is 0 Å². The van der Waals surface area contributed by atoms with Gasteiger partial charge in [-0.25, -0.2) is 4.98 Å². The lowest BCUT2D eigenvalue weighted by molar-refractivity contribution is 0.174. The van der Waals surface area contributed by atoms with Crippen molar-refractivity contribution in [1.82, 2.24) is 14.5 Å². The molecule has 1 aromatic heterocycles. The molecule has 0 radical (unpaired) electrons. The zero-order chi connectivity index (χ0) is 13.8. The molecule has 19 heavy (non-hydrogen) atoms. The Bertz CT molecular complexity index is 551. The molecule has 0 saturated heterocycles. The molecule has 1 aromatic carbocycles. The molecule has 0 saturated carbocycles. The summed E-state index contributed by atoms with van der Waals surface area (Å²) in [5, 5.41) is 0.717. The molecule has 0 spiro atoms. The smallest absolute Gasteiger partial charge is 0.135 e. The van der Waals surface area contributed by atoms with E-state index in [1.54, 1.807) is 7.11 Å².